The van der Waals surface area contributed by atoms with Crippen molar-refractivity contribution < 1.29 is 19.2 Å². The van der Waals surface area contributed by atoms with E-state index in [9.17, 15) is 19.2 Å². The second-order valence-electron chi connectivity index (χ2n) is 7.57. The summed E-state index contributed by atoms with van der Waals surface area (Å²) in [6.45, 7) is 6.95. The molecular formula is C22H30N2O4. The molecular weight excluding hydrogens is 356 g/mol. The van der Waals surface area contributed by atoms with Gasteiger partial charge in [0.2, 0.25) is 23.6 Å². The van der Waals surface area contributed by atoms with Gasteiger partial charge in [-0.05, 0) is 51.2 Å². The summed E-state index contributed by atoms with van der Waals surface area (Å²) in [5, 5.41) is 2.37. The number of amides is 4. The third kappa shape index (κ3) is 5.27. The highest BCUT2D eigenvalue weighted by Gasteiger charge is 2.41. The summed E-state index contributed by atoms with van der Waals surface area (Å²) >= 11 is 0. The zero-order valence-electron chi connectivity index (χ0n) is 16.8. The fourth-order valence-electron chi connectivity index (χ4n) is 4.09. The van der Waals surface area contributed by atoms with Crippen molar-refractivity contribution in [1.29, 1.82) is 0 Å². The monoisotopic (exact) mass is 386 g/mol. The summed E-state index contributed by atoms with van der Waals surface area (Å²) in [6.07, 6.45) is 11.5. The van der Waals surface area contributed by atoms with Gasteiger partial charge >= 0.3 is 0 Å². The predicted octanol–water partition coefficient (Wildman–Crippen LogP) is 3.26. The first-order chi connectivity index (χ1) is 13.4. The lowest BCUT2D eigenvalue weighted by atomic mass is 9.79. The Bertz CT molecular complexity index is 679. The Balaban J connectivity index is 2.19. The molecule has 1 N–H and O–H groups in total. The predicted molar refractivity (Wildman–Crippen MR) is 107 cm³/mol. The number of allylic oxidation sites excluding steroid dienone is 4. The molecule has 2 bridgehead atoms. The maximum absolute atomic E-state index is 13.0. The molecule has 6 nitrogen and oxygen atoms in total. The van der Waals surface area contributed by atoms with Crippen LogP contribution in [0.4, 0.5) is 0 Å². The van der Waals surface area contributed by atoms with E-state index in [2.05, 4.69) is 11.9 Å². The molecule has 0 aromatic heterocycles. The van der Waals surface area contributed by atoms with Crippen LogP contribution in [0, 0.1) is 17.8 Å². The van der Waals surface area contributed by atoms with E-state index >= 15 is 0 Å². The van der Waals surface area contributed by atoms with Gasteiger partial charge in [-0.3, -0.25) is 29.4 Å². The third-order valence-corrected chi connectivity index (χ3v) is 5.52. The molecule has 0 spiro atoms. The van der Waals surface area contributed by atoms with Crippen LogP contribution in [-0.2, 0) is 19.2 Å². The van der Waals surface area contributed by atoms with Crippen LogP contribution in [0.1, 0.15) is 58.8 Å². The Labute approximate surface area is 166 Å². The first-order valence-electron chi connectivity index (χ1n) is 10.0. The zero-order chi connectivity index (χ0) is 20.7. The van der Waals surface area contributed by atoms with Crippen molar-refractivity contribution in [1.82, 2.24) is 10.2 Å². The maximum Gasteiger partial charge on any atom is 0.236 e. The van der Waals surface area contributed by atoms with Crippen LogP contribution < -0.4 is 5.32 Å². The van der Waals surface area contributed by atoms with Gasteiger partial charge < -0.3 is 0 Å². The molecule has 1 saturated carbocycles. The van der Waals surface area contributed by atoms with Crippen molar-refractivity contribution in [3.63, 3.8) is 0 Å². The van der Waals surface area contributed by atoms with Crippen LogP contribution in [0.15, 0.2) is 36.6 Å². The molecule has 1 heterocycles. The summed E-state index contributed by atoms with van der Waals surface area (Å²) < 4.78 is 0. The highest BCUT2D eigenvalue weighted by molar-refractivity contribution is 6.02. The van der Waals surface area contributed by atoms with E-state index < -0.39 is 0 Å². The van der Waals surface area contributed by atoms with Crippen LogP contribution in [0.25, 0.3) is 0 Å². The van der Waals surface area contributed by atoms with Crippen LogP contribution in [0.5, 0.6) is 0 Å². The molecule has 2 unspecified atom stereocenters. The third-order valence-electron chi connectivity index (χ3n) is 5.52. The van der Waals surface area contributed by atoms with Crippen LogP contribution in [0.3, 0.4) is 0 Å². The highest BCUT2D eigenvalue weighted by Crippen LogP contribution is 2.35. The maximum atomic E-state index is 13.0. The van der Waals surface area contributed by atoms with Gasteiger partial charge in [0.05, 0.1) is 5.70 Å². The lowest BCUT2D eigenvalue weighted by molar-refractivity contribution is -0.153. The van der Waals surface area contributed by atoms with E-state index in [1.807, 2.05) is 13.0 Å². The molecule has 0 radical (unpaired) electrons. The molecule has 6 heteroatoms. The number of hydrogen-bond donors (Lipinski definition) is 1. The van der Waals surface area contributed by atoms with Gasteiger partial charge in [0.25, 0.3) is 0 Å². The quantitative estimate of drug-likeness (QED) is 0.594. The summed E-state index contributed by atoms with van der Waals surface area (Å²) in [7, 11) is 0. The van der Waals surface area contributed by atoms with Gasteiger partial charge in [0.15, 0.2) is 0 Å². The lowest BCUT2D eigenvalue weighted by Crippen LogP contribution is -2.49. The molecule has 152 valence electrons. The molecule has 1 aliphatic heterocycles. The minimum Gasteiger partial charge on any atom is -0.296 e. The number of carbonyl (C=O) groups excluding carboxylic acids is 4. The largest absolute Gasteiger partial charge is 0.296 e. The fourth-order valence-corrected chi connectivity index (χ4v) is 4.09. The van der Waals surface area contributed by atoms with E-state index in [4.69, 9.17) is 0 Å². The Morgan fingerprint density at radius 2 is 1.64 bits per heavy atom. The van der Waals surface area contributed by atoms with Crippen LogP contribution in [0.2, 0.25) is 0 Å². The van der Waals surface area contributed by atoms with Crippen LogP contribution >= 0.6 is 0 Å². The van der Waals surface area contributed by atoms with E-state index in [1.54, 1.807) is 18.2 Å². The number of nitrogens with zero attached hydrogens (tertiary/aromatic N) is 1. The van der Waals surface area contributed by atoms with Gasteiger partial charge in [-0.1, -0.05) is 31.6 Å². The number of piperidine rings is 1. The number of hydrogen-bond acceptors (Lipinski definition) is 4. The lowest BCUT2D eigenvalue weighted by Gasteiger charge is -2.37. The summed E-state index contributed by atoms with van der Waals surface area (Å²) in [4.78, 5) is 50.7. The molecule has 28 heavy (non-hydrogen) atoms. The smallest absolute Gasteiger partial charge is 0.236 e. The zero-order valence-corrected chi connectivity index (χ0v) is 16.8. The molecule has 1 saturated heterocycles. The Morgan fingerprint density at radius 1 is 1.07 bits per heavy atom. The average molecular weight is 386 g/mol. The number of likely N-dealkylation sites (tertiary alicyclic amines) is 1. The van der Waals surface area contributed by atoms with Gasteiger partial charge in [-0.15, -0.1) is 0 Å². The minimum absolute atomic E-state index is 0.179. The highest BCUT2D eigenvalue weighted by atomic mass is 16.2. The van der Waals surface area contributed by atoms with Gasteiger partial charge in [-0.2, -0.15) is 0 Å². The van der Waals surface area contributed by atoms with Crippen molar-refractivity contribution in [3.8, 4) is 0 Å². The molecule has 1 aliphatic carbocycles. The SMILES string of the molecule is C=C/C(=C\C=C/C)N1C(=O)C2CCCC(C(=O)NC(C)=O)CCCC(C2)C1=O. The number of imide groups is 2. The van der Waals surface area contributed by atoms with E-state index in [0.717, 1.165) is 0 Å². The van der Waals surface area contributed by atoms with Gasteiger partial charge in [-0.25, -0.2) is 0 Å². The fraction of sp³-hybridized carbons (Fsp3) is 0.545. The number of nitrogens with one attached hydrogen (secondary N) is 1. The first-order valence-corrected chi connectivity index (χ1v) is 10.0. The summed E-state index contributed by atoms with van der Waals surface area (Å²) in [5.41, 5.74) is 0.513. The second kappa shape index (κ2) is 10.2. The van der Waals surface area contributed by atoms with Crippen molar-refractivity contribution in [2.45, 2.75) is 58.8 Å². The van der Waals surface area contributed by atoms with Gasteiger partial charge in [0.1, 0.15) is 0 Å². The number of carbonyl (C=O) groups is 4. The van der Waals surface area contributed by atoms with Crippen molar-refractivity contribution in [2.24, 2.45) is 17.8 Å². The first kappa shape index (κ1) is 21.8. The number of rotatable bonds is 4. The normalized spacial score (nSPS) is 26.9. The van der Waals surface area contributed by atoms with E-state index in [1.165, 1.54) is 11.8 Å². The average Bonchev–Trinajstić information content (AvgIpc) is 2.65. The molecule has 2 aliphatic rings. The van der Waals surface area contributed by atoms with E-state index in [0.29, 0.717) is 50.6 Å². The summed E-state index contributed by atoms with van der Waals surface area (Å²) in [5.74, 6) is -1.67. The molecule has 2 rings (SSSR count). The van der Waals surface area contributed by atoms with Crippen molar-refractivity contribution in [3.05, 3.63) is 36.6 Å². The molecule has 4 amide bonds. The second-order valence-corrected chi connectivity index (χ2v) is 7.57. The van der Waals surface area contributed by atoms with Crippen molar-refractivity contribution >= 4 is 23.6 Å². The molecule has 0 aromatic rings. The standard InChI is InChI=1S/C22H30N2O4/c1-4-6-13-19(5-2)24-21(27)17-11-7-9-16(20(26)23-15(3)25)10-8-12-18(14-17)22(24)28/h4-6,13,16-18H,2,7-12,14H2,1,3H3,(H,23,25,26)/b6-4-,19-13+. The summed E-state index contributed by atoms with van der Waals surface area (Å²) in [6, 6.07) is 0. The molecule has 0 aromatic carbocycles. The Morgan fingerprint density at radius 3 is 2.11 bits per heavy atom. The number of fused-ring (bicyclic) bond motifs is 2. The molecule has 2 atom stereocenters. The van der Waals surface area contributed by atoms with Crippen LogP contribution in [-0.4, -0.2) is 28.5 Å². The minimum atomic E-state index is -0.357. The topological polar surface area (TPSA) is 83.6 Å². The molecule has 2 fully saturated rings. The van der Waals surface area contributed by atoms with Gasteiger partial charge in [0, 0.05) is 24.7 Å². The Hall–Kier alpha value is -2.50. The van der Waals surface area contributed by atoms with E-state index in [-0.39, 0.29) is 41.4 Å². The van der Waals surface area contributed by atoms with Crippen molar-refractivity contribution in [2.75, 3.05) is 0 Å². The Kier molecular flexibility index (Phi) is 7.91.